The summed E-state index contributed by atoms with van der Waals surface area (Å²) in [6, 6.07) is 49.8. The topological polar surface area (TPSA) is 54.5 Å². The van der Waals surface area contributed by atoms with Crippen LogP contribution in [0.5, 0.6) is 0 Å². The van der Waals surface area contributed by atoms with E-state index in [0.29, 0.717) is 0 Å². The second kappa shape index (κ2) is 10.2. The van der Waals surface area contributed by atoms with Gasteiger partial charge in [0.1, 0.15) is 0 Å². The lowest BCUT2D eigenvalue weighted by Crippen LogP contribution is -2.76. The lowest BCUT2D eigenvalue weighted by Gasteiger charge is -2.47. The molecule has 8 rings (SSSR count). The quantitative estimate of drug-likeness (QED) is 0.169. The maximum Gasteiger partial charge on any atom is 0.257 e. The Morgan fingerprint density at radius 2 is 1.00 bits per heavy atom. The van der Waals surface area contributed by atoms with Gasteiger partial charge in [-0.2, -0.15) is 0 Å². The fraction of sp³-hybridized carbons (Fsp3) is 0. The maximum atomic E-state index is 14.1. The normalized spacial score (nSPS) is 14.6. The van der Waals surface area contributed by atoms with E-state index in [1.54, 1.807) is 36.0 Å². The third-order valence-corrected chi connectivity index (χ3v) is 16.1. The Balaban J connectivity index is 1.51. The zero-order valence-corrected chi connectivity index (χ0v) is 26.1. The molecule has 212 valence electrons. The molecule has 0 radical (unpaired) electrons. The maximum absolute atomic E-state index is 14.1. The van der Waals surface area contributed by atoms with E-state index in [4.69, 9.17) is 0 Å². The molecule has 0 atom stereocenters. The Morgan fingerprint density at radius 1 is 0.500 bits per heavy atom. The lowest BCUT2D eigenvalue weighted by molar-refractivity contribution is 0.103. The number of hydrogen-bond acceptors (Lipinski definition) is 5. The van der Waals surface area contributed by atoms with E-state index >= 15 is 0 Å². The van der Waals surface area contributed by atoms with Crippen molar-refractivity contribution < 1.29 is 13.2 Å². The van der Waals surface area contributed by atoms with Crippen LogP contribution in [0, 0.1) is 0 Å². The molecule has 0 saturated carbocycles. The average Bonchev–Trinajstić information content (AvgIpc) is 3.08. The van der Waals surface area contributed by atoms with Crippen molar-refractivity contribution in [2.24, 2.45) is 0 Å². The zero-order chi connectivity index (χ0) is 29.9. The zero-order valence-electron chi connectivity index (χ0n) is 23.4. The van der Waals surface area contributed by atoms with Gasteiger partial charge in [0.2, 0.25) is 9.84 Å². The summed E-state index contributed by atoms with van der Waals surface area (Å²) >= 11 is 1.75. The summed E-state index contributed by atoms with van der Waals surface area (Å²) in [7, 11) is -7.15. The first-order chi connectivity index (χ1) is 21.5. The van der Waals surface area contributed by atoms with E-state index in [-0.39, 0.29) is 26.7 Å². The summed E-state index contributed by atoms with van der Waals surface area (Å²) in [4.78, 5) is 16.5. The first-order valence-electron chi connectivity index (χ1n) is 14.3. The van der Waals surface area contributed by atoms with Gasteiger partial charge in [-0.15, -0.1) is 0 Å². The number of rotatable bonds is 4. The van der Waals surface area contributed by atoms with Gasteiger partial charge in [-0.3, -0.25) is 4.79 Å². The molecule has 0 aromatic heterocycles. The molecule has 2 aliphatic heterocycles. The van der Waals surface area contributed by atoms with Crippen molar-refractivity contribution in [2.75, 3.05) is 4.57 Å². The minimum Gasteiger partial charge on any atom is -0.354 e. The molecule has 0 amide bonds. The number of fused-ring (bicyclic) bond motifs is 4. The van der Waals surface area contributed by atoms with Gasteiger partial charge >= 0.3 is 0 Å². The second-order valence-electron chi connectivity index (χ2n) is 10.9. The molecule has 2 heterocycles. The van der Waals surface area contributed by atoms with Gasteiger partial charge in [-0.05, 0) is 64.1 Å². The van der Waals surface area contributed by atoms with Crippen LogP contribution in [0.25, 0.3) is 0 Å². The number of sulfone groups is 1. The molecule has 0 unspecified atom stereocenters. The monoisotopic (exact) mass is 623 g/mol. The molecule has 0 N–H and O–H groups in total. The Kier molecular flexibility index (Phi) is 6.23. The molecule has 44 heavy (non-hydrogen) atoms. The first kappa shape index (κ1) is 26.9. The van der Waals surface area contributed by atoms with Crippen molar-refractivity contribution in [2.45, 2.75) is 19.6 Å². The van der Waals surface area contributed by atoms with E-state index in [9.17, 15) is 13.2 Å². The summed E-state index contributed by atoms with van der Waals surface area (Å²) < 4.78 is 30.1. The van der Waals surface area contributed by atoms with Crippen LogP contribution in [0.2, 0.25) is 0 Å². The number of nitrogens with zero attached hydrogens (tertiary/aromatic N) is 1. The molecule has 0 saturated heterocycles. The minimum atomic E-state index is -3.87. The Hall–Kier alpha value is -4.69. The largest absolute Gasteiger partial charge is 0.354 e. The molecule has 0 spiro atoms. The van der Waals surface area contributed by atoms with Crippen LogP contribution in [0.3, 0.4) is 0 Å². The smallest absolute Gasteiger partial charge is 0.257 e. The number of carbonyl (C=O) groups is 1. The number of ketones is 1. The van der Waals surface area contributed by atoms with Crippen molar-refractivity contribution in [3.8, 4) is 0 Å². The predicted octanol–water partition coefficient (Wildman–Crippen LogP) is 6.33. The third kappa shape index (κ3) is 3.83. The summed E-state index contributed by atoms with van der Waals surface area (Å²) in [6.07, 6.45) is 0. The third-order valence-electron chi connectivity index (χ3n) is 8.50. The van der Waals surface area contributed by atoms with Gasteiger partial charge in [0.25, 0.3) is 8.24 Å². The number of carbonyl (C=O) groups excluding carboxylic acids is 1. The highest BCUT2D eigenvalue weighted by Crippen LogP contribution is 2.50. The van der Waals surface area contributed by atoms with Crippen molar-refractivity contribution >= 4 is 62.6 Å². The van der Waals surface area contributed by atoms with Gasteiger partial charge in [-0.1, -0.05) is 115 Å². The van der Waals surface area contributed by atoms with Crippen molar-refractivity contribution in [3.63, 3.8) is 0 Å². The molecule has 7 heteroatoms. The van der Waals surface area contributed by atoms with Crippen LogP contribution < -0.4 is 20.1 Å². The molecular formula is C37H25NO3S2Si. The highest BCUT2D eigenvalue weighted by molar-refractivity contribution is 7.99. The molecule has 0 bridgehead atoms. The summed E-state index contributed by atoms with van der Waals surface area (Å²) in [5.74, 6) is -0.272. The number of hydrogen-bond donors (Lipinski definition) is 0. The SMILES string of the molecule is O=C1c2ccccc2S(=O)(=O)c2ccc([Si](c3ccccc3)(c3ccccc3)N3c4ccccc4Sc4ccccc43)cc21. The van der Waals surface area contributed by atoms with Gasteiger partial charge < -0.3 is 4.57 Å². The first-order valence-corrected chi connectivity index (χ1v) is 18.6. The van der Waals surface area contributed by atoms with Crippen LogP contribution in [-0.2, 0) is 9.84 Å². The van der Waals surface area contributed by atoms with E-state index in [1.165, 1.54) is 6.07 Å². The Labute approximate surface area is 261 Å². The summed E-state index contributed by atoms with van der Waals surface area (Å²) in [6.45, 7) is 0. The molecular weight excluding hydrogens is 599 g/mol. The average molecular weight is 624 g/mol. The molecule has 0 aliphatic carbocycles. The molecule has 4 nitrogen and oxygen atoms in total. The number of benzene rings is 6. The summed E-state index contributed by atoms with van der Waals surface area (Å²) in [5, 5.41) is 3.16. The van der Waals surface area contributed by atoms with Crippen molar-refractivity contribution in [3.05, 3.63) is 163 Å². The molecule has 6 aromatic rings. The van der Waals surface area contributed by atoms with Crippen LogP contribution in [-0.4, -0.2) is 22.4 Å². The van der Waals surface area contributed by atoms with Crippen LogP contribution in [0.1, 0.15) is 15.9 Å². The molecule has 6 aromatic carbocycles. The fourth-order valence-corrected chi connectivity index (χ4v) is 14.4. The van der Waals surface area contributed by atoms with Gasteiger partial charge in [0.05, 0.1) is 9.79 Å². The van der Waals surface area contributed by atoms with E-state index in [2.05, 4.69) is 102 Å². The second-order valence-corrected chi connectivity index (χ2v) is 17.4. The van der Waals surface area contributed by atoms with Crippen molar-refractivity contribution in [1.82, 2.24) is 0 Å². The highest BCUT2D eigenvalue weighted by atomic mass is 32.2. The minimum absolute atomic E-state index is 0.0592. The van der Waals surface area contributed by atoms with Gasteiger partial charge in [0.15, 0.2) is 5.78 Å². The summed E-state index contributed by atoms with van der Waals surface area (Å²) in [5.41, 5.74) is 2.60. The van der Waals surface area contributed by atoms with Crippen LogP contribution in [0.4, 0.5) is 11.4 Å². The van der Waals surface area contributed by atoms with Crippen LogP contribution >= 0.6 is 11.8 Å². The number of para-hydroxylation sites is 2. The van der Waals surface area contributed by atoms with Crippen LogP contribution in [0.15, 0.2) is 171 Å². The van der Waals surface area contributed by atoms with E-state index < -0.39 is 18.1 Å². The standard InChI is InChI=1S/C37H25NO3S2Si/c39-37-29-17-7-12-22-35(29)43(40,41)36-24-23-28(25-30(36)37)44(26-13-3-1-4-14-26,27-15-5-2-6-16-27)38-31-18-8-10-20-33(31)42-34-21-11-9-19-32(34)38/h1-25H. The van der Waals surface area contributed by atoms with E-state index in [0.717, 1.165) is 36.7 Å². The highest BCUT2D eigenvalue weighted by Gasteiger charge is 2.50. The fourth-order valence-electron chi connectivity index (χ4n) is 6.63. The Morgan fingerprint density at radius 3 is 1.61 bits per heavy atom. The van der Waals surface area contributed by atoms with Crippen molar-refractivity contribution in [1.29, 1.82) is 0 Å². The lowest BCUT2D eigenvalue weighted by atomic mass is 10.0. The van der Waals surface area contributed by atoms with Gasteiger partial charge in [-0.25, -0.2) is 8.42 Å². The molecule has 0 fully saturated rings. The van der Waals surface area contributed by atoms with E-state index in [1.807, 2.05) is 24.3 Å². The molecule has 2 aliphatic rings. The van der Waals surface area contributed by atoms with Gasteiger partial charge in [0, 0.05) is 32.3 Å². The Bertz CT molecular complexity index is 2120. The number of anilines is 2. The predicted molar refractivity (Wildman–Crippen MR) is 178 cm³/mol.